The molecule has 0 aromatic carbocycles. The molecular weight excluding hydrogens is 138 g/mol. The van der Waals surface area contributed by atoms with Crippen LogP contribution in [0.3, 0.4) is 0 Å². The van der Waals surface area contributed by atoms with E-state index in [1.165, 1.54) is 0 Å². The molecule has 2 nitrogen and oxygen atoms in total. The maximum absolute atomic E-state index is 10.9. The van der Waals surface area contributed by atoms with E-state index in [1.807, 2.05) is 27.7 Å². The van der Waals surface area contributed by atoms with Crippen molar-refractivity contribution in [2.45, 2.75) is 40.2 Å². The first-order valence-corrected chi connectivity index (χ1v) is 4.04. The molecule has 11 heavy (non-hydrogen) atoms. The van der Waals surface area contributed by atoms with E-state index in [1.54, 1.807) is 6.08 Å². The summed E-state index contributed by atoms with van der Waals surface area (Å²) in [5.41, 5.74) is 0.951. The number of hydrogen-bond acceptors (Lipinski definition) is 2. The molecular formula is C9H17NO. The van der Waals surface area contributed by atoms with E-state index in [0.717, 1.165) is 5.70 Å². The van der Waals surface area contributed by atoms with Crippen LogP contribution >= 0.6 is 0 Å². The average Bonchev–Trinajstić information content (AvgIpc) is 1.85. The molecule has 0 aromatic heterocycles. The van der Waals surface area contributed by atoms with Crippen molar-refractivity contribution < 1.29 is 4.79 Å². The van der Waals surface area contributed by atoms with Gasteiger partial charge in [0.05, 0.1) is 0 Å². The standard InChI is InChI=1S/C9H17NO/c1-5-9(11)6-8(4)10-7(2)3/h6-7,10H,5H2,1-4H3. The lowest BCUT2D eigenvalue weighted by atomic mass is 10.2. The Kier molecular flexibility index (Phi) is 4.59. The van der Waals surface area contributed by atoms with Gasteiger partial charge in [-0.25, -0.2) is 0 Å². The van der Waals surface area contributed by atoms with Gasteiger partial charge >= 0.3 is 0 Å². The Morgan fingerprint density at radius 3 is 2.45 bits per heavy atom. The largest absolute Gasteiger partial charge is 0.386 e. The Hall–Kier alpha value is -0.790. The molecule has 0 rings (SSSR count). The van der Waals surface area contributed by atoms with Crippen LogP contribution in [-0.2, 0) is 4.79 Å². The molecule has 0 saturated carbocycles. The van der Waals surface area contributed by atoms with Crippen LogP contribution in [0.5, 0.6) is 0 Å². The maximum Gasteiger partial charge on any atom is 0.157 e. The molecule has 64 valence electrons. The molecule has 0 atom stereocenters. The maximum atomic E-state index is 10.9. The third-order valence-electron chi connectivity index (χ3n) is 1.24. The molecule has 0 spiro atoms. The Labute approximate surface area is 68.7 Å². The summed E-state index contributed by atoms with van der Waals surface area (Å²) in [4.78, 5) is 10.9. The Balaban J connectivity index is 3.90. The Morgan fingerprint density at radius 1 is 1.55 bits per heavy atom. The van der Waals surface area contributed by atoms with Gasteiger partial charge in [0.15, 0.2) is 5.78 Å². The van der Waals surface area contributed by atoms with E-state index in [0.29, 0.717) is 12.5 Å². The zero-order valence-electron chi connectivity index (χ0n) is 7.77. The molecule has 0 aliphatic heterocycles. The number of rotatable bonds is 4. The van der Waals surface area contributed by atoms with Gasteiger partial charge in [0.2, 0.25) is 0 Å². The summed E-state index contributed by atoms with van der Waals surface area (Å²) in [5, 5.41) is 3.15. The molecule has 0 unspecified atom stereocenters. The molecule has 0 aliphatic rings. The van der Waals surface area contributed by atoms with Crippen molar-refractivity contribution >= 4 is 5.78 Å². The first-order valence-electron chi connectivity index (χ1n) is 4.04. The van der Waals surface area contributed by atoms with Gasteiger partial charge in [-0.15, -0.1) is 0 Å². The van der Waals surface area contributed by atoms with Crippen molar-refractivity contribution in [3.63, 3.8) is 0 Å². The second kappa shape index (κ2) is 4.94. The zero-order chi connectivity index (χ0) is 8.85. The second-order valence-electron chi connectivity index (χ2n) is 2.95. The molecule has 0 fully saturated rings. The number of allylic oxidation sites excluding steroid dienone is 2. The fourth-order valence-electron chi connectivity index (χ4n) is 0.841. The quantitative estimate of drug-likeness (QED) is 0.628. The van der Waals surface area contributed by atoms with Crippen LogP contribution in [0, 0.1) is 0 Å². The minimum atomic E-state index is 0.177. The SMILES string of the molecule is CCC(=O)C=C(C)NC(C)C. The minimum Gasteiger partial charge on any atom is -0.386 e. The highest BCUT2D eigenvalue weighted by molar-refractivity contribution is 5.89. The number of hydrogen-bond donors (Lipinski definition) is 1. The van der Waals surface area contributed by atoms with Gasteiger partial charge in [-0.05, 0) is 26.8 Å². The highest BCUT2D eigenvalue weighted by Crippen LogP contribution is 1.92. The second-order valence-corrected chi connectivity index (χ2v) is 2.95. The predicted octanol–water partition coefficient (Wildman–Crippen LogP) is 1.87. The van der Waals surface area contributed by atoms with Crippen molar-refractivity contribution in [2.75, 3.05) is 0 Å². The van der Waals surface area contributed by atoms with E-state index in [-0.39, 0.29) is 5.78 Å². The number of carbonyl (C=O) groups is 1. The van der Waals surface area contributed by atoms with E-state index < -0.39 is 0 Å². The van der Waals surface area contributed by atoms with Gasteiger partial charge in [-0.2, -0.15) is 0 Å². The van der Waals surface area contributed by atoms with E-state index >= 15 is 0 Å². The summed E-state index contributed by atoms with van der Waals surface area (Å²) >= 11 is 0. The fraction of sp³-hybridized carbons (Fsp3) is 0.667. The topological polar surface area (TPSA) is 29.1 Å². The summed E-state index contributed by atoms with van der Waals surface area (Å²) in [7, 11) is 0. The van der Waals surface area contributed by atoms with Gasteiger partial charge in [0.1, 0.15) is 0 Å². The van der Waals surface area contributed by atoms with Crippen molar-refractivity contribution in [3.8, 4) is 0 Å². The highest BCUT2D eigenvalue weighted by atomic mass is 16.1. The fourth-order valence-corrected chi connectivity index (χ4v) is 0.841. The van der Waals surface area contributed by atoms with Gasteiger partial charge in [0.25, 0.3) is 0 Å². The molecule has 0 saturated heterocycles. The number of nitrogens with one attached hydrogen (secondary N) is 1. The first kappa shape index (κ1) is 10.2. The van der Waals surface area contributed by atoms with E-state index in [2.05, 4.69) is 5.32 Å². The first-order chi connectivity index (χ1) is 5.06. The van der Waals surface area contributed by atoms with Crippen LogP contribution in [0.25, 0.3) is 0 Å². The molecule has 0 bridgehead atoms. The van der Waals surface area contributed by atoms with Gasteiger partial charge in [-0.3, -0.25) is 4.79 Å². The van der Waals surface area contributed by atoms with Gasteiger partial charge in [-0.1, -0.05) is 6.92 Å². The Morgan fingerprint density at radius 2 is 2.09 bits per heavy atom. The normalized spacial score (nSPS) is 11.9. The smallest absolute Gasteiger partial charge is 0.157 e. The van der Waals surface area contributed by atoms with Crippen LogP contribution in [-0.4, -0.2) is 11.8 Å². The molecule has 0 aliphatic carbocycles. The summed E-state index contributed by atoms with van der Waals surface area (Å²) in [5.74, 6) is 0.177. The third-order valence-corrected chi connectivity index (χ3v) is 1.24. The van der Waals surface area contributed by atoms with Crippen molar-refractivity contribution in [2.24, 2.45) is 0 Å². The zero-order valence-corrected chi connectivity index (χ0v) is 7.77. The van der Waals surface area contributed by atoms with Crippen LogP contribution < -0.4 is 5.32 Å². The summed E-state index contributed by atoms with van der Waals surface area (Å²) in [6.07, 6.45) is 2.23. The predicted molar refractivity (Wildman–Crippen MR) is 47.3 cm³/mol. The minimum absolute atomic E-state index is 0.177. The van der Waals surface area contributed by atoms with Crippen LogP contribution in [0.2, 0.25) is 0 Å². The molecule has 0 amide bonds. The molecule has 0 aromatic rings. The highest BCUT2D eigenvalue weighted by Gasteiger charge is 1.95. The van der Waals surface area contributed by atoms with Gasteiger partial charge in [0, 0.05) is 18.2 Å². The summed E-state index contributed by atoms with van der Waals surface area (Å²) in [6, 6.07) is 0.399. The van der Waals surface area contributed by atoms with E-state index in [4.69, 9.17) is 0 Å². The molecule has 2 heteroatoms. The summed E-state index contributed by atoms with van der Waals surface area (Å²) in [6.45, 7) is 7.87. The van der Waals surface area contributed by atoms with Crippen molar-refractivity contribution in [1.29, 1.82) is 0 Å². The van der Waals surface area contributed by atoms with Gasteiger partial charge < -0.3 is 5.32 Å². The lowest BCUT2D eigenvalue weighted by Crippen LogP contribution is -2.20. The Bertz CT molecular complexity index is 159. The van der Waals surface area contributed by atoms with E-state index in [9.17, 15) is 4.79 Å². The third kappa shape index (κ3) is 5.64. The van der Waals surface area contributed by atoms with Crippen molar-refractivity contribution in [3.05, 3.63) is 11.8 Å². The van der Waals surface area contributed by atoms with Crippen LogP contribution in [0.15, 0.2) is 11.8 Å². The molecule has 0 heterocycles. The summed E-state index contributed by atoms with van der Waals surface area (Å²) < 4.78 is 0. The monoisotopic (exact) mass is 155 g/mol. The molecule has 0 radical (unpaired) electrons. The average molecular weight is 155 g/mol. The van der Waals surface area contributed by atoms with Crippen LogP contribution in [0.1, 0.15) is 34.1 Å². The molecule has 1 N–H and O–H groups in total. The number of carbonyl (C=O) groups excluding carboxylic acids is 1. The van der Waals surface area contributed by atoms with Crippen LogP contribution in [0.4, 0.5) is 0 Å². The lowest BCUT2D eigenvalue weighted by molar-refractivity contribution is -0.114. The number of ketones is 1. The lowest BCUT2D eigenvalue weighted by Gasteiger charge is -2.08. The van der Waals surface area contributed by atoms with Crippen molar-refractivity contribution in [1.82, 2.24) is 5.32 Å².